The molecule has 0 aliphatic heterocycles. The van der Waals surface area contributed by atoms with E-state index in [0.29, 0.717) is 12.6 Å². The molecular weight excluding hydrogens is 226 g/mol. The Bertz CT molecular complexity index is 301. The molecule has 4 heteroatoms. The minimum atomic E-state index is -0.215. The van der Waals surface area contributed by atoms with Gasteiger partial charge < -0.3 is 10.1 Å². The van der Waals surface area contributed by atoms with Gasteiger partial charge in [0.1, 0.15) is 6.61 Å². The molecule has 0 aliphatic rings. The van der Waals surface area contributed by atoms with Gasteiger partial charge in [0.15, 0.2) is 0 Å². The van der Waals surface area contributed by atoms with Crippen LogP contribution in [0, 0.1) is 0 Å². The molecule has 1 aromatic rings. The van der Waals surface area contributed by atoms with E-state index in [4.69, 9.17) is 4.74 Å². The predicted octanol–water partition coefficient (Wildman–Crippen LogP) is 2.15. The first-order valence-corrected chi connectivity index (χ1v) is 5.11. The third kappa shape index (κ3) is 6.43. The highest BCUT2D eigenvalue weighted by molar-refractivity contribution is 5.85. The fourth-order valence-corrected chi connectivity index (χ4v) is 1.08. The van der Waals surface area contributed by atoms with E-state index in [1.54, 1.807) is 0 Å². The summed E-state index contributed by atoms with van der Waals surface area (Å²) in [5.41, 5.74) is 1.01. The molecule has 0 fully saturated rings. The number of esters is 1. The van der Waals surface area contributed by atoms with Crippen LogP contribution in [-0.2, 0) is 16.1 Å². The first kappa shape index (κ1) is 14.9. The summed E-state index contributed by atoms with van der Waals surface area (Å²) >= 11 is 0. The van der Waals surface area contributed by atoms with Gasteiger partial charge in [-0.3, -0.25) is 4.79 Å². The standard InChI is InChI=1S/C12H17NO2.ClH/c1-10(2)13-8-12(14)15-9-11-6-4-3-5-7-11;/h3-7,10,13H,8-9H2,1-2H3;1H. The van der Waals surface area contributed by atoms with Gasteiger partial charge in [0.05, 0.1) is 6.54 Å². The molecule has 0 atom stereocenters. The topological polar surface area (TPSA) is 38.3 Å². The molecule has 0 bridgehead atoms. The smallest absolute Gasteiger partial charge is 0.320 e. The maximum atomic E-state index is 11.2. The molecule has 1 aromatic carbocycles. The maximum absolute atomic E-state index is 11.2. The average molecular weight is 244 g/mol. The monoisotopic (exact) mass is 243 g/mol. The van der Waals surface area contributed by atoms with Crippen molar-refractivity contribution in [2.45, 2.75) is 26.5 Å². The number of ether oxygens (including phenoxy) is 1. The molecule has 0 saturated carbocycles. The second-order valence-corrected chi connectivity index (χ2v) is 3.68. The van der Waals surface area contributed by atoms with Crippen molar-refractivity contribution in [1.29, 1.82) is 0 Å². The lowest BCUT2D eigenvalue weighted by atomic mass is 10.2. The number of benzene rings is 1. The summed E-state index contributed by atoms with van der Waals surface area (Å²) in [6, 6.07) is 9.96. The number of hydrogen-bond acceptors (Lipinski definition) is 3. The maximum Gasteiger partial charge on any atom is 0.320 e. The zero-order valence-corrected chi connectivity index (χ0v) is 10.4. The van der Waals surface area contributed by atoms with Crippen LogP contribution in [0.5, 0.6) is 0 Å². The van der Waals surface area contributed by atoms with Gasteiger partial charge >= 0.3 is 5.97 Å². The predicted molar refractivity (Wildman–Crippen MR) is 66.6 cm³/mol. The Hall–Kier alpha value is -1.06. The van der Waals surface area contributed by atoms with Crippen molar-refractivity contribution in [1.82, 2.24) is 5.32 Å². The number of halogens is 1. The highest BCUT2D eigenvalue weighted by atomic mass is 35.5. The van der Waals surface area contributed by atoms with Crippen LogP contribution in [0.15, 0.2) is 30.3 Å². The molecule has 1 N–H and O–H groups in total. The molecule has 0 spiro atoms. The van der Waals surface area contributed by atoms with E-state index in [-0.39, 0.29) is 24.9 Å². The normalized spacial score (nSPS) is 9.69. The van der Waals surface area contributed by atoms with Crippen molar-refractivity contribution < 1.29 is 9.53 Å². The Morgan fingerprint density at radius 2 is 1.94 bits per heavy atom. The van der Waals surface area contributed by atoms with Gasteiger partial charge in [-0.2, -0.15) is 0 Å². The number of carbonyl (C=O) groups is 1. The van der Waals surface area contributed by atoms with Crippen LogP contribution in [0.1, 0.15) is 19.4 Å². The summed E-state index contributed by atoms with van der Waals surface area (Å²) in [7, 11) is 0. The summed E-state index contributed by atoms with van der Waals surface area (Å²) in [5.74, 6) is -0.215. The molecule has 0 amide bonds. The summed E-state index contributed by atoms with van der Waals surface area (Å²) in [6.07, 6.45) is 0. The first-order chi connectivity index (χ1) is 7.18. The summed E-state index contributed by atoms with van der Waals surface area (Å²) in [5, 5.41) is 3.01. The van der Waals surface area contributed by atoms with E-state index in [2.05, 4.69) is 5.32 Å². The highest BCUT2D eigenvalue weighted by Crippen LogP contribution is 2.00. The molecule has 1 rings (SSSR count). The molecule has 90 valence electrons. The lowest BCUT2D eigenvalue weighted by Gasteiger charge is -2.08. The van der Waals surface area contributed by atoms with Crippen LogP contribution < -0.4 is 5.32 Å². The lowest BCUT2D eigenvalue weighted by Crippen LogP contribution is -2.30. The zero-order valence-electron chi connectivity index (χ0n) is 9.60. The van der Waals surface area contributed by atoms with E-state index in [9.17, 15) is 4.79 Å². The second kappa shape index (κ2) is 8.13. The second-order valence-electron chi connectivity index (χ2n) is 3.68. The summed E-state index contributed by atoms with van der Waals surface area (Å²) in [4.78, 5) is 11.2. The van der Waals surface area contributed by atoms with E-state index >= 15 is 0 Å². The Morgan fingerprint density at radius 1 is 1.31 bits per heavy atom. The fourth-order valence-electron chi connectivity index (χ4n) is 1.08. The van der Waals surface area contributed by atoms with Crippen molar-refractivity contribution >= 4 is 18.4 Å². The molecule has 0 radical (unpaired) electrons. The van der Waals surface area contributed by atoms with E-state index < -0.39 is 0 Å². The molecule has 3 nitrogen and oxygen atoms in total. The fraction of sp³-hybridized carbons (Fsp3) is 0.417. The quantitative estimate of drug-likeness (QED) is 0.806. The van der Waals surface area contributed by atoms with E-state index in [1.807, 2.05) is 44.2 Å². The van der Waals surface area contributed by atoms with Crippen molar-refractivity contribution in [2.24, 2.45) is 0 Å². The summed E-state index contributed by atoms with van der Waals surface area (Å²) in [6.45, 7) is 4.60. The van der Waals surface area contributed by atoms with Gasteiger partial charge in [-0.05, 0) is 5.56 Å². The van der Waals surface area contributed by atoms with Gasteiger partial charge in [-0.25, -0.2) is 0 Å². The van der Waals surface area contributed by atoms with Crippen molar-refractivity contribution in [3.05, 3.63) is 35.9 Å². The third-order valence-electron chi connectivity index (χ3n) is 1.90. The van der Waals surface area contributed by atoms with E-state index in [0.717, 1.165) is 5.56 Å². The molecular formula is C12H18ClNO2. The van der Waals surface area contributed by atoms with Crippen LogP contribution in [0.25, 0.3) is 0 Å². The van der Waals surface area contributed by atoms with Crippen LogP contribution in [0.4, 0.5) is 0 Å². The molecule has 16 heavy (non-hydrogen) atoms. The van der Waals surface area contributed by atoms with Crippen LogP contribution in [-0.4, -0.2) is 18.6 Å². The van der Waals surface area contributed by atoms with Crippen molar-refractivity contribution in [3.63, 3.8) is 0 Å². The van der Waals surface area contributed by atoms with Crippen LogP contribution >= 0.6 is 12.4 Å². The minimum Gasteiger partial charge on any atom is -0.460 e. The van der Waals surface area contributed by atoms with Crippen molar-refractivity contribution in [2.75, 3.05) is 6.54 Å². The van der Waals surface area contributed by atoms with Gasteiger partial charge in [0.25, 0.3) is 0 Å². The lowest BCUT2D eigenvalue weighted by molar-refractivity contribution is -0.143. The van der Waals surface area contributed by atoms with E-state index in [1.165, 1.54) is 0 Å². The number of nitrogens with one attached hydrogen (secondary N) is 1. The Morgan fingerprint density at radius 3 is 2.50 bits per heavy atom. The molecule has 0 aliphatic carbocycles. The highest BCUT2D eigenvalue weighted by Gasteiger charge is 2.03. The van der Waals surface area contributed by atoms with Gasteiger partial charge in [-0.15, -0.1) is 12.4 Å². The third-order valence-corrected chi connectivity index (χ3v) is 1.90. The number of hydrogen-bond donors (Lipinski definition) is 1. The largest absolute Gasteiger partial charge is 0.460 e. The molecule has 0 saturated heterocycles. The average Bonchev–Trinajstić information content (AvgIpc) is 2.25. The van der Waals surface area contributed by atoms with Gasteiger partial charge in [0, 0.05) is 6.04 Å². The van der Waals surface area contributed by atoms with Gasteiger partial charge in [-0.1, -0.05) is 44.2 Å². The van der Waals surface area contributed by atoms with Gasteiger partial charge in [0.2, 0.25) is 0 Å². The van der Waals surface area contributed by atoms with Crippen LogP contribution in [0.2, 0.25) is 0 Å². The van der Waals surface area contributed by atoms with Crippen molar-refractivity contribution in [3.8, 4) is 0 Å². The zero-order chi connectivity index (χ0) is 11.1. The first-order valence-electron chi connectivity index (χ1n) is 5.11. The number of rotatable bonds is 5. The SMILES string of the molecule is CC(C)NCC(=O)OCc1ccccc1.Cl. The molecule has 0 aromatic heterocycles. The Kier molecular flexibility index (Phi) is 7.60. The molecule has 0 unspecified atom stereocenters. The summed E-state index contributed by atoms with van der Waals surface area (Å²) < 4.78 is 5.08. The number of carbonyl (C=O) groups excluding carboxylic acids is 1. The Labute approximate surface area is 103 Å². The Balaban J connectivity index is 0.00000225. The minimum absolute atomic E-state index is 0. The molecule has 0 heterocycles. The van der Waals surface area contributed by atoms with Crippen LogP contribution in [0.3, 0.4) is 0 Å².